The second-order valence-electron chi connectivity index (χ2n) is 6.99. The number of benzene rings is 1. The Hall–Kier alpha value is -1.07. The van der Waals surface area contributed by atoms with Gasteiger partial charge in [-0.1, -0.05) is 26.8 Å². The summed E-state index contributed by atoms with van der Waals surface area (Å²) in [4.78, 5) is 2.30. The van der Waals surface area contributed by atoms with Crippen LogP contribution in [0.5, 0.6) is 5.75 Å². The zero-order valence-corrected chi connectivity index (χ0v) is 14.1. The zero-order chi connectivity index (χ0) is 15.8. The van der Waals surface area contributed by atoms with Crippen LogP contribution in [-0.2, 0) is 21.8 Å². The molecule has 1 fully saturated rings. The minimum Gasteiger partial charge on any atom is -0.506 e. The van der Waals surface area contributed by atoms with Crippen LogP contribution in [0, 0.1) is 0 Å². The molecule has 0 aromatic heterocycles. The van der Waals surface area contributed by atoms with E-state index in [1.807, 2.05) is 26.8 Å². The van der Waals surface area contributed by atoms with Gasteiger partial charge in [-0.2, -0.15) is 0 Å². The standard InChI is InChI=1S/C16H25NO3S/c1-16(2,3)13-9-12(11-17-7-5-6-8-17)15(18)14(10-13)21(4,19)20/h9-10,18H,5-8,11H2,1-4H3. The molecule has 1 saturated heterocycles. The Labute approximate surface area is 127 Å². The first-order valence-corrected chi connectivity index (χ1v) is 9.27. The van der Waals surface area contributed by atoms with E-state index in [4.69, 9.17) is 0 Å². The molecule has 0 aliphatic carbocycles. The van der Waals surface area contributed by atoms with Gasteiger partial charge in [-0.15, -0.1) is 0 Å². The van der Waals surface area contributed by atoms with E-state index in [1.54, 1.807) is 6.07 Å². The molecule has 1 aliphatic heterocycles. The van der Waals surface area contributed by atoms with Crippen molar-refractivity contribution in [2.45, 2.75) is 50.5 Å². The molecule has 0 spiro atoms. The van der Waals surface area contributed by atoms with Gasteiger partial charge in [0.15, 0.2) is 9.84 Å². The van der Waals surface area contributed by atoms with Crippen LogP contribution in [0.1, 0.15) is 44.7 Å². The van der Waals surface area contributed by atoms with Gasteiger partial charge in [0.1, 0.15) is 10.6 Å². The SMILES string of the molecule is CC(C)(C)c1cc(CN2CCCC2)c(O)c(S(C)(=O)=O)c1. The van der Waals surface area contributed by atoms with Gasteiger partial charge in [0.2, 0.25) is 0 Å². The number of likely N-dealkylation sites (tertiary alicyclic amines) is 1. The quantitative estimate of drug-likeness (QED) is 0.932. The largest absolute Gasteiger partial charge is 0.506 e. The van der Waals surface area contributed by atoms with Crippen LogP contribution in [-0.4, -0.2) is 37.8 Å². The molecule has 118 valence electrons. The van der Waals surface area contributed by atoms with Crippen molar-refractivity contribution in [2.24, 2.45) is 0 Å². The smallest absolute Gasteiger partial charge is 0.179 e. The molecule has 1 aromatic rings. The molecule has 1 aromatic carbocycles. The maximum absolute atomic E-state index is 11.9. The van der Waals surface area contributed by atoms with Crippen molar-refractivity contribution in [3.63, 3.8) is 0 Å². The van der Waals surface area contributed by atoms with E-state index in [0.29, 0.717) is 12.1 Å². The Balaban J connectivity index is 2.52. The number of aromatic hydroxyl groups is 1. The predicted molar refractivity (Wildman–Crippen MR) is 84.4 cm³/mol. The van der Waals surface area contributed by atoms with E-state index < -0.39 is 9.84 Å². The number of phenols is 1. The molecule has 0 atom stereocenters. The topological polar surface area (TPSA) is 57.6 Å². The summed E-state index contributed by atoms with van der Waals surface area (Å²) >= 11 is 0. The number of nitrogens with zero attached hydrogens (tertiary/aromatic N) is 1. The third kappa shape index (κ3) is 3.77. The summed E-state index contributed by atoms with van der Waals surface area (Å²) in [6.45, 7) is 8.76. The fraction of sp³-hybridized carbons (Fsp3) is 0.625. The van der Waals surface area contributed by atoms with Gasteiger partial charge < -0.3 is 5.11 Å². The van der Waals surface area contributed by atoms with Crippen molar-refractivity contribution in [2.75, 3.05) is 19.3 Å². The molecule has 1 heterocycles. The highest BCUT2D eigenvalue weighted by molar-refractivity contribution is 7.90. The second-order valence-corrected chi connectivity index (χ2v) is 8.97. The number of hydrogen-bond acceptors (Lipinski definition) is 4. The molecule has 0 bridgehead atoms. The molecule has 2 rings (SSSR count). The molecular weight excluding hydrogens is 286 g/mol. The maximum Gasteiger partial charge on any atom is 0.179 e. The second kappa shape index (κ2) is 5.61. The molecule has 1 N–H and O–H groups in total. The summed E-state index contributed by atoms with van der Waals surface area (Å²) in [5.41, 5.74) is 1.49. The maximum atomic E-state index is 11.9. The van der Waals surface area contributed by atoms with E-state index in [1.165, 1.54) is 12.8 Å². The van der Waals surface area contributed by atoms with E-state index >= 15 is 0 Å². The van der Waals surface area contributed by atoms with Crippen molar-refractivity contribution in [1.82, 2.24) is 4.90 Å². The Kier molecular flexibility index (Phi) is 4.36. The molecule has 1 aliphatic rings. The predicted octanol–water partition coefficient (Wildman–Crippen LogP) is 2.69. The highest BCUT2D eigenvalue weighted by atomic mass is 32.2. The van der Waals surface area contributed by atoms with Gasteiger partial charge in [-0.3, -0.25) is 4.90 Å². The monoisotopic (exact) mass is 311 g/mol. The lowest BCUT2D eigenvalue weighted by Gasteiger charge is -2.23. The molecular formula is C16H25NO3S. The minimum absolute atomic E-state index is 0.0455. The van der Waals surface area contributed by atoms with E-state index in [9.17, 15) is 13.5 Å². The first kappa shape index (κ1) is 16.3. The van der Waals surface area contributed by atoms with Gasteiger partial charge >= 0.3 is 0 Å². The van der Waals surface area contributed by atoms with Crippen LogP contribution in [0.2, 0.25) is 0 Å². The van der Waals surface area contributed by atoms with Crippen molar-refractivity contribution < 1.29 is 13.5 Å². The summed E-state index contributed by atoms with van der Waals surface area (Å²) < 4.78 is 23.9. The van der Waals surface area contributed by atoms with Crippen LogP contribution < -0.4 is 0 Å². The van der Waals surface area contributed by atoms with Gasteiger partial charge in [0.25, 0.3) is 0 Å². The van der Waals surface area contributed by atoms with Crippen LogP contribution in [0.15, 0.2) is 17.0 Å². The minimum atomic E-state index is -3.44. The lowest BCUT2D eigenvalue weighted by molar-refractivity contribution is 0.322. The summed E-state index contributed by atoms with van der Waals surface area (Å²) in [7, 11) is -3.44. The molecule has 5 heteroatoms. The lowest BCUT2D eigenvalue weighted by atomic mass is 9.86. The third-order valence-corrected chi connectivity index (χ3v) is 5.12. The Morgan fingerprint density at radius 1 is 1.19 bits per heavy atom. The summed E-state index contributed by atoms with van der Waals surface area (Å²) in [5, 5.41) is 10.4. The average Bonchev–Trinajstić information content (AvgIpc) is 2.81. The molecule has 0 amide bonds. The highest BCUT2D eigenvalue weighted by Gasteiger charge is 2.24. The first-order valence-electron chi connectivity index (χ1n) is 7.38. The summed E-state index contributed by atoms with van der Waals surface area (Å²) in [6.07, 6.45) is 3.48. The zero-order valence-electron chi connectivity index (χ0n) is 13.3. The number of sulfone groups is 1. The van der Waals surface area contributed by atoms with Gasteiger partial charge in [0.05, 0.1) is 0 Å². The van der Waals surface area contributed by atoms with E-state index in [2.05, 4.69) is 4.90 Å². The van der Waals surface area contributed by atoms with Gasteiger partial charge in [-0.25, -0.2) is 8.42 Å². The van der Waals surface area contributed by atoms with Gasteiger partial charge in [-0.05, 0) is 43.0 Å². The summed E-state index contributed by atoms with van der Waals surface area (Å²) in [6, 6.07) is 3.56. The number of hydrogen-bond donors (Lipinski definition) is 1. The van der Waals surface area contributed by atoms with E-state index in [0.717, 1.165) is 24.9 Å². The normalized spacial score (nSPS) is 17.3. The fourth-order valence-electron chi connectivity index (χ4n) is 2.68. The molecule has 21 heavy (non-hydrogen) atoms. The van der Waals surface area contributed by atoms with Gasteiger partial charge in [0, 0.05) is 18.4 Å². The number of phenolic OH excluding ortho intramolecular Hbond substituents is 1. The van der Waals surface area contributed by atoms with Crippen molar-refractivity contribution in [1.29, 1.82) is 0 Å². The average molecular weight is 311 g/mol. The van der Waals surface area contributed by atoms with Crippen LogP contribution >= 0.6 is 0 Å². The molecule has 0 saturated carbocycles. The van der Waals surface area contributed by atoms with Crippen LogP contribution in [0.25, 0.3) is 0 Å². The molecule has 0 unspecified atom stereocenters. The Morgan fingerprint density at radius 3 is 2.24 bits per heavy atom. The summed E-state index contributed by atoms with van der Waals surface area (Å²) in [5.74, 6) is -0.0857. The van der Waals surface area contributed by atoms with Crippen molar-refractivity contribution in [3.8, 4) is 5.75 Å². The lowest BCUT2D eigenvalue weighted by Crippen LogP contribution is -2.20. The molecule has 4 nitrogen and oxygen atoms in total. The Bertz CT molecular complexity index is 624. The fourth-order valence-corrected chi connectivity index (χ4v) is 3.51. The van der Waals surface area contributed by atoms with Crippen molar-refractivity contribution >= 4 is 9.84 Å². The van der Waals surface area contributed by atoms with Crippen LogP contribution in [0.4, 0.5) is 0 Å². The number of rotatable bonds is 3. The highest BCUT2D eigenvalue weighted by Crippen LogP contribution is 2.34. The molecule has 0 radical (unpaired) electrons. The van der Waals surface area contributed by atoms with Crippen LogP contribution in [0.3, 0.4) is 0 Å². The first-order chi connectivity index (χ1) is 9.59. The van der Waals surface area contributed by atoms with E-state index in [-0.39, 0.29) is 16.1 Å². The van der Waals surface area contributed by atoms with Crippen molar-refractivity contribution in [3.05, 3.63) is 23.3 Å². The third-order valence-electron chi connectivity index (χ3n) is 4.01. The Morgan fingerprint density at radius 2 is 1.76 bits per heavy atom.